The molecule has 0 bridgehead atoms. The maximum Gasteiger partial charge on any atom is 0.380 e. The molecule has 0 aromatic heterocycles. The molecule has 1 aromatic carbocycles. The van der Waals surface area contributed by atoms with E-state index >= 15 is 0 Å². The normalized spacial score (nSPS) is 15.1. The molecule has 5 nitrogen and oxygen atoms in total. The van der Waals surface area contributed by atoms with Crippen molar-refractivity contribution in [1.82, 2.24) is 0 Å². The molecule has 122 valence electrons. The standard InChI is InChI=1S/C15H24NO4PSi/c1-6-18-21(17,19-7-2)15(13-16,20-22(3,4)5)14-11-9-8-10-12-14/h8-12H,6-7H2,1-5H3. The second kappa shape index (κ2) is 7.54. The van der Waals surface area contributed by atoms with E-state index in [2.05, 4.69) is 6.07 Å². The minimum Gasteiger partial charge on any atom is -0.388 e. The summed E-state index contributed by atoms with van der Waals surface area (Å²) in [4.78, 5) is 0. The van der Waals surface area contributed by atoms with Crippen molar-refractivity contribution in [2.75, 3.05) is 13.2 Å². The smallest absolute Gasteiger partial charge is 0.380 e. The van der Waals surface area contributed by atoms with E-state index in [0.29, 0.717) is 5.56 Å². The molecule has 0 N–H and O–H groups in total. The van der Waals surface area contributed by atoms with E-state index in [1.54, 1.807) is 38.1 Å². The second-order valence-corrected chi connectivity index (χ2v) is 12.2. The lowest BCUT2D eigenvalue weighted by Crippen LogP contribution is -2.40. The van der Waals surface area contributed by atoms with Crippen molar-refractivity contribution in [1.29, 1.82) is 5.26 Å². The molecule has 0 aliphatic carbocycles. The average molecular weight is 341 g/mol. The number of rotatable bonds is 8. The molecule has 0 fully saturated rings. The third-order valence-electron chi connectivity index (χ3n) is 2.75. The Kier molecular flexibility index (Phi) is 6.54. The first kappa shape index (κ1) is 19.1. The molecule has 0 saturated heterocycles. The highest BCUT2D eigenvalue weighted by molar-refractivity contribution is 7.55. The van der Waals surface area contributed by atoms with Gasteiger partial charge >= 0.3 is 7.60 Å². The average Bonchev–Trinajstić information content (AvgIpc) is 2.45. The van der Waals surface area contributed by atoms with Crippen LogP contribution in [0.15, 0.2) is 30.3 Å². The highest BCUT2D eigenvalue weighted by Crippen LogP contribution is 2.66. The third-order valence-corrected chi connectivity index (χ3v) is 6.26. The summed E-state index contributed by atoms with van der Waals surface area (Å²) in [6.07, 6.45) is 0. The van der Waals surface area contributed by atoms with E-state index in [0.717, 1.165) is 0 Å². The molecular weight excluding hydrogens is 317 g/mol. The van der Waals surface area contributed by atoms with Crippen molar-refractivity contribution in [2.24, 2.45) is 0 Å². The zero-order chi connectivity index (χ0) is 16.9. The fourth-order valence-electron chi connectivity index (χ4n) is 2.09. The third kappa shape index (κ3) is 4.06. The first-order chi connectivity index (χ1) is 10.2. The Hall–Kier alpha value is -0.963. The van der Waals surface area contributed by atoms with E-state index in [-0.39, 0.29) is 13.2 Å². The molecule has 1 aromatic rings. The van der Waals surface area contributed by atoms with E-state index in [9.17, 15) is 9.83 Å². The lowest BCUT2D eigenvalue weighted by atomic mass is 10.1. The summed E-state index contributed by atoms with van der Waals surface area (Å²) in [5.74, 6) is 0. The molecule has 0 radical (unpaired) electrons. The van der Waals surface area contributed by atoms with Crippen LogP contribution in [0.3, 0.4) is 0 Å². The van der Waals surface area contributed by atoms with Crippen LogP contribution in [0.2, 0.25) is 19.6 Å². The molecule has 1 unspecified atom stereocenters. The van der Waals surface area contributed by atoms with Crippen molar-refractivity contribution in [3.63, 3.8) is 0 Å². The first-order valence-corrected chi connectivity index (χ1v) is 12.3. The lowest BCUT2D eigenvalue weighted by molar-refractivity contribution is 0.119. The first-order valence-electron chi connectivity index (χ1n) is 7.31. The zero-order valence-corrected chi connectivity index (χ0v) is 15.7. The van der Waals surface area contributed by atoms with E-state index in [1.165, 1.54) is 0 Å². The molecule has 22 heavy (non-hydrogen) atoms. The minimum atomic E-state index is -3.83. The number of nitriles is 1. The molecule has 7 heteroatoms. The van der Waals surface area contributed by atoms with Gasteiger partial charge in [-0.05, 0) is 33.5 Å². The van der Waals surface area contributed by atoms with Gasteiger partial charge in [0.1, 0.15) is 6.07 Å². The molecule has 0 spiro atoms. The van der Waals surface area contributed by atoms with Crippen LogP contribution in [0.1, 0.15) is 19.4 Å². The van der Waals surface area contributed by atoms with Crippen molar-refractivity contribution >= 4 is 15.9 Å². The van der Waals surface area contributed by atoms with Gasteiger partial charge in [0.15, 0.2) is 8.32 Å². The van der Waals surface area contributed by atoms with Crippen molar-refractivity contribution in [3.8, 4) is 6.07 Å². The Balaban J connectivity index is 3.57. The maximum atomic E-state index is 13.4. The van der Waals surface area contributed by atoms with Gasteiger partial charge in [0.05, 0.1) is 13.2 Å². The fourth-order valence-corrected chi connectivity index (χ4v) is 6.11. The van der Waals surface area contributed by atoms with Gasteiger partial charge in [-0.1, -0.05) is 30.3 Å². The summed E-state index contributed by atoms with van der Waals surface area (Å²) in [5, 5.41) is 8.15. The quantitative estimate of drug-likeness (QED) is 0.515. The summed E-state index contributed by atoms with van der Waals surface area (Å²) in [7, 11) is -6.05. The predicted molar refractivity (Wildman–Crippen MR) is 89.0 cm³/mol. The Labute approximate surface area is 133 Å². The maximum absolute atomic E-state index is 13.4. The highest BCUT2D eigenvalue weighted by Gasteiger charge is 2.56. The number of hydrogen-bond acceptors (Lipinski definition) is 5. The van der Waals surface area contributed by atoms with E-state index in [4.69, 9.17) is 13.5 Å². The molecule has 0 aliphatic rings. The molecule has 0 heterocycles. The van der Waals surface area contributed by atoms with Gasteiger partial charge in [0, 0.05) is 5.56 Å². The molecule has 0 aliphatic heterocycles. The second-order valence-electron chi connectivity index (χ2n) is 5.67. The van der Waals surface area contributed by atoms with E-state index in [1.807, 2.05) is 25.7 Å². The largest absolute Gasteiger partial charge is 0.388 e. The molecule has 1 atom stereocenters. The molecule has 0 amide bonds. The Bertz CT molecular complexity index is 557. The van der Waals surface area contributed by atoms with Gasteiger partial charge in [-0.3, -0.25) is 4.57 Å². The van der Waals surface area contributed by atoms with Crippen LogP contribution in [-0.4, -0.2) is 21.5 Å². The van der Waals surface area contributed by atoms with Crippen LogP contribution in [-0.2, 0) is 23.4 Å². The topological polar surface area (TPSA) is 68.5 Å². The lowest BCUT2D eigenvalue weighted by Gasteiger charge is -2.37. The van der Waals surface area contributed by atoms with Crippen LogP contribution in [0.4, 0.5) is 0 Å². The number of nitrogens with zero attached hydrogens (tertiary/aromatic N) is 1. The van der Waals surface area contributed by atoms with Gasteiger partial charge in [0.25, 0.3) is 5.34 Å². The SMILES string of the molecule is CCOP(=O)(OCC)C(C#N)(O[Si](C)(C)C)c1ccccc1. The Morgan fingerprint density at radius 3 is 2.00 bits per heavy atom. The van der Waals surface area contributed by atoms with Crippen LogP contribution in [0.25, 0.3) is 0 Å². The van der Waals surface area contributed by atoms with E-state index < -0.39 is 21.3 Å². The summed E-state index contributed by atoms with van der Waals surface area (Å²) >= 11 is 0. The van der Waals surface area contributed by atoms with Crippen molar-refractivity contribution in [3.05, 3.63) is 35.9 Å². The summed E-state index contributed by atoms with van der Waals surface area (Å²) < 4.78 is 30.3. The summed E-state index contributed by atoms with van der Waals surface area (Å²) in [6, 6.07) is 10.9. The van der Waals surface area contributed by atoms with Crippen molar-refractivity contribution in [2.45, 2.75) is 38.8 Å². The number of hydrogen-bond donors (Lipinski definition) is 0. The van der Waals surface area contributed by atoms with Crippen LogP contribution in [0, 0.1) is 11.3 Å². The predicted octanol–water partition coefficient (Wildman–Crippen LogP) is 4.48. The van der Waals surface area contributed by atoms with Crippen LogP contribution in [0.5, 0.6) is 0 Å². The Morgan fingerprint density at radius 1 is 1.14 bits per heavy atom. The fraction of sp³-hybridized carbons (Fsp3) is 0.533. The minimum absolute atomic E-state index is 0.169. The van der Waals surface area contributed by atoms with Gasteiger partial charge in [-0.15, -0.1) is 0 Å². The van der Waals surface area contributed by atoms with Gasteiger partial charge in [-0.25, -0.2) is 0 Å². The van der Waals surface area contributed by atoms with Gasteiger partial charge in [0.2, 0.25) is 0 Å². The molecule has 1 rings (SSSR count). The van der Waals surface area contributed by atoms with Gasteiger partial charge < -0.3 is 13.5 Å². The molecular formula is C15H24NO4PSi. The number of benzene rings is 1. The zero-order valence-electron chi connectivity index (χ0n) is 13.8. The van der Waals surface area contributed by atoms with Crippen molar-refractivity contribution < 1.29 is 18.0 Å². The van der Waals surface area contributed by atoms with Crippen LogP contribution < -0.4 is 0 Å². The monoisotopic (exact) mass is 341 g/mol. The summed E-state index contributed by atoms with van der Waals surface area (Å²) in [6.45, 7) is 9.57. The molecule has 0 saturated carbocycles. The Morgan fingerprint density at radius 2 is 1.64 bits per heavy atom. The van der Waals surface area contributed by atoms with Crippen LogP contribution >= 0.6 is 7.60 Å². The summed E-state index contributed by atoms with van der Waals surface area (Å²) in [5.41, 5.74) is 0.491. The van der Waals surface area contributed by atoms with Gasteiger partial charge in [-0.2, -0.15) is 5.26 Å². The highest BCUT2D eigenvalue weighted by atomic mass is 31.2.